The van der Waals surface area contributed by atoms with Gasteiger partial charge in [-0.1, -0.05) is 59.7 Å². The van der Waals surface area contributed by atoms with Gasteiger partial charge in [0.1, 0.15) is 0 Å². The van der Waals surface area contributed by atoms with Gasteiger partial charge in [-0.3, -0.25) is 0 Å². The largest absolute Gasteiger partial charge is 0.154 e. The van der Waals surface area contributed by atoms with Crippen LogP contribution in [0.25, 0.3) is 0 Å². The monoisotopic (exact) mass is 278 g/mol. The topological polar surface area (TPSA) is 0 Å². The van der Waals surface area contributed by atoms with Crippen molar-refractivity contribution in [3.8, 4) is 0 Å². The van der Waals surface area contributed by atoms with Crippen LogP contribution < -0.4 is 0 Å². The molecule has 19 heavy (non-hydrogen) atoms. The summed E-state index contributed by atoms with van der Waals surface area (Å²) in [6.07, 6.45) is 2.20. The van der Waals surface area contributed by atoms with E-state index in [0.29, 0.717) is 0 Å². The van der Waals surface area contributed by atoms with Crippen molar-refractivity contribution in [2.24, 2.45) is 0 Å². The minimum absolute atomic E-state index is 0.166. The second-order valence-corrected chi connectivity index (χ2v) is 9.40. The third-order valence-electron chi connectivity index (χ3n) is 3.85. The van der Waals surface area contributed by atoms with E-state index in [1.807, 2.05) is 11.8 Å². The lowest BCUT2D eigenvalue weighted by Crippen LogP contribution is -2.23. The van der Waals surface area contributed by atoms with Crippen LogP contribution in [0.3, 0.4) is 0 Å². The fraction of sp³-hybridized carbons (Fsp3) is 0.667. The highest BCUT2D eigenvalue weighted by atomic mass is 32.2. The molecular weight excluding hydrogens is 248 g/mol. The first kappa shape index (κ1) is 16.6. The van der Waals surface area contributed by atoms with Crippen molar-refractivity contribution in [1.82, 2.24) is 0 Å². The van der Waals surface area contributed by atoms with Crippen molar-refractivity contribution in [2.75, 3.05) is 6.26 Å². The number of hydrogen-bond acceptors (Lipinski definition) is 1. The maximum atomic E-state index is 2.42. The Kier molecular flexibility index (Phi) is 4.52. The molecule has 0 aromatic heterocycles. The van der Waals surface area contributed by atoms with Crippen molar-refractivity contribution in [3.63, 3.8) is 0 Å². The first-order valence-electron chi connectivity index (χ1n) is 7.10. The van der Waals surface area contributed by atoms with Gasteiger partial charge >= 0.3 is 0 Å². The quantitative estimate of drug-likeness (QED) is 0.651. The standard InChI is InChI=1S/C18H30S/c1-16(2,3)13-10-11-14(18(7,8)19-9)15(12-13)17(4,5)6/h10-12H,1-9H3. The smallest absolute Gasteiger partial charge is 0.0352 e. The Morgan fingerprint density at radius 2 is 1.26 bits per heavy atom. The summed E-state index contributed by atoms with van der Waals surface area (Å²) in [6, 6.07) is 7.08. The summed E-state index contributed by atoms with van der Waals surface area (Å²) in [5.74, 6) is 0. The summed E-state index contributed by atoms with van der Waals surface area (Å²) in [7, 11) is 0. The lowest BCUT2D eigenvalue weighted by Gasteiger charge is -2.33. The number of hydrogen-bond donors (Lipinski definition) is 0. The Morgan fingerprint density at radius 3 is 1.63 bits per heavy atom. The van der Waals surface area contributed by atoms with E-state index in [-0.39, 0.29) is 15.6 Å². The lowest BCUT2D eigenvalue weighted by molar-refractivity contribution is 0.555. The molecule has 1 heteroatoms. The van der Waals surface area contributed by atoms with E-state index < -0.39 is 0 Å². The van der Waals surface area contributed by atoms with Crippen LogP contribution in [0.5, 0.6) is 0 Å². The maximum absolute atomic E-state index is 2.42. The second kappa shape index (κ2) is 5.16. The van der Waals surface area contributed by atoms with Crippen LogP contribution in [-0.2, 0) is 15.6 Å². The van der Waals surface area contributed by atoms with Gasteiger partial charge < -0.3 is 0 Å². The highest BCUT2D eigenvalue weighted by molar-refractivity contribution is 7.99. The molecule has 1 rings (SSSR count). The van der Waals surface area contributed by atoms with Crippen LogP contribution in [0.1, 0.15) is 72.1 Å². The molecule has 1 aromatic rings. The predicted molar refractivity (Wildman–Crippen MR) is 90.4 cm³/mol. The molecule has 0 saturated heterocycles. The third-order valence-corrected chi connectivity index (χ3v) is 5.09. The van der Waals surface area contributed by atoms with E-state index in [9.17, 15) is 0 Å². The van der Waals surface area contributed by atoms with Gasteiger partial charge in [0, 0.05) is 4.75 Å². The fourth-order valence-corrected chi connectivity index (χ4v) is 2.66. The molecule has 0 aliphatic heterocycles. The summed E-state index contributed by atoms with van der Waals surface area (Å²) < 4.78 is 0.166. The SMILES string of the molecule is CSC(C)(C)c1ccc(C(C)(C)C)cc1C(C)(C)C. The zero-order valence-corrected chi connectivity index (χ0v) is 15.0. The molecule has 0 spiro atoms. The highest BCUT2D eigenvalue weighted by Crippen LogP contribution is 2.41. The van der Waals surface area contributed by atoms with E-state index in [1.165, 1.54) is 16.7 Å². The Labute approximate surface area is 124 Å². The molecule has 108 valence electrons. The maximum Gasteiger partial charge on any atom is 0.0352 e. The zero-order chi connectivity index (χ0) is 15.1. The molecule has 0 bridgehead atoms. The molecule has 0 radical (unpaired) electrons. The van der Waals surface area contributed by atoms with Crippen molar-refractivity contribution in [1.29, 1.82) is 0 Å². The molecule has 0 amide bonds. The van der Waals surface area contributed by atoms with Crippen LogP contribution in [-0.4, -0.2) is 6.26 Å². The number of rotatable bonds is 2. The molecule has 0 saturated carbocycles. The Morgan fingerprint density at radius 1 is 0.737 bits per heavy atom. The zero-order valence-electron chi connectivity index (χ0n) is 14.1. The van der Waals surface area contributed by atoms with E-state index in [0.717, 1.165) is 0 Å². The lowest BCUT2D eigenvalue weighted by atomic mass is 9.76. The Bertz CT molecular complexity index is 442. The van der Waals surface area contributed by atoms with Gasteiger partial charge in [0.25, 0.3) is 0 Å². The summed E-state index contributed by atoms with van der Waals surface area (Å²) in [6.45, 7) is 18.4. The van der Waals surface area contributed by atoms with Gasteiger partial charge in [-0.15, -0.1) is 0 Å². The number of benzene rings is 1. The van der Waals surface area contributed by atoms with Crippen LogP contribution in [0, 0.1) is 0 Å². The molecule has 0 unspecified atom stereocenters. The first-order chi connectivity index (χ1) is 8.39. The minimum Gasteiger partial charge on any atom is -0.154 e. The molecule has 0 fully saturated rings. The van der Waals surface area contributed by atoms with Crippen LogP contribution in [0.15, 0.2) is 18.2 Å². The van der Waals surface area contributed by atoms with Crippen molar-refractivity contribution in [2.45, 2.75) is 71.0 Å². The average Bonchev–Trinajstić information content (AvgIpc) is 2.26. The van der Waals surface area contributed by atoms with Crippen LogP contribution >= 0.6 is 11.8 Å². The number of thioether (sulfide) groups is 1. The van der Waals surface area contributed by atoms with Crippen LogP contribution in [0.2, 0.25) is 0 Å². The summed E-state index contributed by atoms with van der Waals surface area (Å²) in [5, 5.41) is 0. The Hall–Kier alpha value is -0.430. The minimum atomic E-state index is 0.166. The molecule has 0 nitrogen and oxygen atoms in total. The fourth-order valence-electron chi connectivity index (χ4n) is 2.27. The van der Waals surface area contributed by atoms with Gasteiger partial charge in [0.15, 0.2) is 0 Å². The molecule has 0 heterocycles. The molecule has 0 N–H and O–H groups in total. The normalized spacial score (nSPS) is 13.7. The van der Waals surface area contributed by atoms with Crippen LogP contribution in [0.4, 0.5) is 0 Å². The van der Waals surface area contributed by atoms with E-state index in [2.05, 4.69) is 79.8 Å². The third kappa shape index (κ3) is 3.78. The molecule has 1 aromatic carbocycles. The van der Waals surface area contributed by atoms with Gasteiger partial charge in [0.2, 0.25) is 0 Å². The van der Waals surface area contributed by atoms with E-state index in [1.54, 1.807) is 0 Å². The van der Waals surface area contributed by atoms with Crippen molar-refractivity contribution in [3.05, 3.63) is 34.9 Å². The highest BCUT2D eigenvalue weighted by Gasteiger charge is 2.29. The second-order valence-electron chi connectivity index (χ2n) is 7.97. The summed E-state index contributed by atoms with van der Waals surface area (Å²) in [5.41, 5.74) is 4.78. The molecule has 0 atom stereocenters. The van der Waals surface area contributed by atoms with E-state index in [4.69, 9.17) is 0 Å². The van der Waals surface area contributed by atoms with E-state index >= 15 is 0 Å². The Balaban J connectivity index is 3.51. The van der Waals surface area contributed by atoms with Gasteiger partial charge in [-0.05, 0) is 47.6 Å². The summed E-state index contributed by atoms with van der Waals surface area (Å²) >= 11 is 1.92. The molecular formula is C18H30S. The summed E-state index contributed by atoms with van der Waals surface area (Å²) in [4.78, 5) is 0. The average molecular weight is 279 g/mol. The van der Waals surface area contributed by atoms with Gasteiger partial charge in [-0.2, -0.15) is 11.8 Å². The first-order valence-corrected chi connectivity index (χ1v) is 8.33. The van der Waals surface area contributed by atoms with Gasteiger partial charge in [-0.25, -0.2) is 0 Å². The van der Waals surface area contributed by atoms with Crippen molar-refractivity contribution >= 4 is 11.8 Å². The van der Waals surface area contributed by atoms with Crippen molar-refractivity contribution < 1.29 is 0 Å². The predicted octanol–water partition coefficient (Wildman–Crippen LogP) is 5.88. The molecule has 0 aliphatic rings. The molecule has 0 aliphatic carbocycles. The van der Waals surface area contributed by atoms with Gasteiger partial charge in [0.05, 0.1) is 0 Å².